The molecule has 0 radical (unpaired) electrons. The molecular formula is C29H35F3N2O2. The van der Waals surface area contributed by atoms with Crippen molar-refractivity contribution >= 4 is 6.03 Å². The monoisotopic (exact) mass is 500 g/mol. The van der Waals surface area contributed by atoms with Gasteiger partial charge in [-0.15, -0.1) is 0 Å². The van der Waals surface area contributed by atoms with Crippen molar-refractivity contribution in [2.45, 2.75) is 76.3 Å². The fraction of sp³-hybridized carbons (Fsp3) is 0.552. The van der Waals surface area contributed by atoms with Crippen LogP contribution in [0.3, 0.4) is 0 Å². The Morgan fingerprint density at radius 1 is 1.08 bits per heavy atom. The summed E-state index contributed by atoms with van der Waals surface area (Å²) in [5, 5.41) is 3.34. The highest BCUT2D eigenvalue weighted by Gasteiger charge is 2.45. The molecule has 36 heavy (non-hydrogen) atoms. The fourth-order valence-electron chi connectivity index (χ4n) is 6.46. The average Bonchev–Trinajstić information content (AvgIpc) is 3.17. The lowest BCUT2D eigenvalue weighted by molar-refractivity contribution is -0.140. The van der Waals surface area contributed by atoms with Gasteiger partial charge < -0.3 is 15.0 Å². The van der Waals surface area contributed by atoms with E-state index in [0.29, 0.717) is 30.5 Å². The van der Waals surface area contributed by atoms with Gasteiger partial charge in [-0.05, 0) is 61.6 Å². The van der Waals surface area contributed by atoms with Crippen LogP contribution in [0.25, 0.3) is 0 Å². The van der Waals surface area contributed by atoms with Crippen LogP contribution in [0.5, 0.6) is 0 Å². The lowest BCUT2D eigenvalue weighted by Crippen LogP contribution is -2.62. The molecule has 1 saturated heterocycles. The third-order valence-corrected chi connectivity index (χ3v) is 8.45. The van der Waals surface area contributed by atoms with E-state index in [-0.39, 0.29) is 23.2 Å². The highest BCUT2D eigenvalue weighted by Crippen LogP contribution is 2.48. The van der Waals surface area contributed by atoms with Gasteiger partial charge >= 0.3 is 12.2 Å². The number of amides is 2. The normalized spacial score (nSPS) is 27.0. The first-order valence-corrected chi connectivity index (χ1v) is 13.1. The van der Waals surface area contributed by atoms with Crippen molar-refractivity contribution in [2.75, 3.05) is 13.1 Å². The van der Waals surface area contributed by atoms with Crippen molar-refractivity contribution in [2.24, 2.45) is 11.8 Å². The standard InChI is InChI=1S/C29H35F3N2O2/c1-3-28(15-20-10-11-21(14-20)16-28)33-27(35)34-17-23(18-34)36-26(22-12-8-19(2)9-13-22)24-6-4-5-7-25(24)29(30,31)32/h4-9,12-13,20-21,23,26H,3,10-11,14-18H2,1-2H3,(H,33,35). The first-order valence-electron chi connectivity index (χ1n) is 13.1. The van der Waals surface area contributed by atoms with Crippen molar-refractivity contribution in [1.82, 2.24) is 10.2 Å². The Balaban J connectivity index is 1.28. The largest absolute Gasteiger partial charge is 0.416 e. The number of likely N-dealkylation sites (tertiary alicyclic amines) is 1. The van der Waals surface area contributed by atoms with Crippen LogP contribution in [0.4, 0.5) is 18.0 Å². The van der Waals surface area contributed by atoms with Crippen LogP contribution < -0.4 is 5.32 Å². The van der Waals surface area contributed by atoms with Gasteiger partial charge in [-0.1, -0.05) is 67.8 Å². The van der Waals surface area contributed by atoms with Gasteiger partial charge in [0.05, 0.1) is 24.8 Å². The number of ether oxygens (including phenoxy) is 1. The molecule has 2 aromatic rings. The molecule has 2 bridgehead atoms. The van der Waals surface area contributed by atoms with E-state index >= 15 is 0 Å². The topological polar surface area (TPSA) is 41.6 Å². The van der Waals surface area contributed by atoms with Gasteiger partial charge in [0.15, 0.2) is 0 Å². The number of halogens is 3. The molecular weight excluding hydrogens is 465 g/mol. The minimum Gasteiger partial charge on any atom is -0.362 e. The number of carbonyl (C=O) groups excluding carboxylic acids is 1. The number of aryl methyl sites for hydroxylation is 1. The van der Waals surface area contributed by atoms with Crippen molar-refractivity contribution < 1.29 is 22.7 Å². The number of nitrogens with one attached hydrogen (secondary N) is 1. The zero-order chi connectivity index (χ0) is 25.5. The molecule has 1 aliphatic heterocycles. The van der Waals surface area contributed by atoms with Gasteiger partial charge in [0.2, 0.25) is 0 Å². The number of fused-ring (bicyclic) bond motifs is 2. The molecule has 7 heteroatoms. The highest BCUT2D eigenvalue weighted by atomic mass is 19.4. The van der Waals surface area contributed by atoms with Crippen LogP contribution >= 0.6 is 0 Å². The minimum absolute atomic E-state index is 0.0828. The number of hydrogen-bond donors (Lipinski definition) is 1. The first-order chi connectivity index (χ1) is 17.2. The second kappa shape index (κ2) is 9.73. The molecule has 2 amide bonds. The number of nitrogens with zero attached hydrogens (tertiary/aromatic N) is 1. The smallest absolute Gasteiger partial charge is 0.362 e. The summed E-state index contributed by atoms with van der Waals surface area (Å²) in [6.07, 6.45) is 1.15. The average molecular weight is 501 g/mol. The molecule has 3 atom stereocenters. The van der Waals surface area contributed by atoms with Crippen LogP contribution in [-0.2, 0) is 10.9 Å². The Morgan fingerprint density at radius 3 is 2.33 bits per heavy atom. The molecule has 1 heterocycles. The number of rotatable bonds is 6. The molecule has 5 rings (SSSR count). The van der Waals surface area contributed by atoms with Gasteiger partial charge in [-0.2, -0.15) is 13.2 Å². The van der Waals surface area contributed by atoms with E-state index in [1.54, 1.807) is 11.0 Å². The Kier molecular flexibility index (Phi) is 6.79. The molecule has 3 aliphatic rings. The van der Waals surface area contributed by atoms with E-state index < -0.39 is 17.8 Å². The second-order valence-electron chi connectivity index (χ2n) is 11.1. The number of urea groups is 1. The third kappa shape index (κ3) is 5.13. The van der Waals surface area contributed by atoms with Crippen molar-refractivity contribution in [3.8, 4) is 0 Å². The lowest BCUT2D eigenvalue weighted by Gasteiger charge is -2.45. The van der Waals surface area contributed by atoms with Crippen LogP contribution in [-0.4, -0.2) is 35.7 Å². The number of carbonyl (C=O) groups is 1. The summed E-state index contributed by atoms with van der Waals surface area (Å²) in [5.74, 6) is 1.42. The summed E-state index contributed by atoms with van der Waals surface area (Å²) in [6, 6.07) is 12.9. The summed E-state index contributed by atoms with van der Waals surface area (Å²) in [6.45, 7) is 4.83. The zero-order valence-corrected chi connectivity index (χ0v) is 21.0. The van der Waals surface area contributed by atoms with Crippen LogP contribution in [0.15, 0.2) is 48.5 Å². The molecule has 4 nitrogen and oxygen atoms in total. The lowest BCUT2D eigenvalue weighted by atomic mass is 9.73. The Bertz CT molecular complexity index is 1070. The van der Waals surface area contributed by atoms with Gasteiger partial charge in [-0.25, -0.2) is 4.79 Å². The molecule has 2 saturated carbocycles. The zero-order valence-electron chi connectivity index (χ0n) is 21.0. The van der Waals surface area contributed by atoms with E-state index in [1.165, 1.54) is 31.4 Å². The number of benzene rings is 2. The fourth-order valence-corrected chi connectivity index (χ4v) is 6.46. The maximum atomic E-state index is 13.8. The summed E-state index contributed by atoms with van der Waals surface area (Å²) in [7, 11) is 0. The Labute approximate surface area is 211 Å². The quantitative estimate of drug-likeness (QED) is 0.470. The van der Waals surface area contributed by atoms with E-state index in [1.807, 2.05) is 31.2 Å². The molecule has 2 aliphatic carbocycles. The summed E-state index contributed by atoms with van der Waals surface area (Å²) in [5.41, 5.74) is 0.959. The number of hydrogen-bond acceptors (Lipinski definition) is 2. The first kappa shape index (κ1) is 25.1. The molecule has 0 spiro atoms. The second-order valence-corrected chi connectivity index (χ2v) is 11.1. The van der Waals surface area contributed by atoms with Crippen LogP contribution in [0.1, 0.15) is 73.8 Å². The van der Waals surface area contributed by atoms with Crippen LogP contribution in [0.2, 0.25) is 0 Å². The molecule has 1 N–H and O–H groups in total. The van der Waals surface area contributed by atoms with Gasteiger partial charge in [0.25, 0.3) is 0 Å². The molecule has 2 aromatic carbocycles. The summed E-state index contributed by atoms with van der Waals surface area (Å²) < 4.78 is 47.8. The van der Waals surface area contributed by atoms with Gasteiger partial charge in [0.1, 0.15) is 6.10 Å². The van der Waals surface area contributed by atoms with Gasteiger partial charge in [-0.3, -0.25) is 0 Å². The van der Waals surface area contributed by atoms with Crippen molar-refractivity contribution in [1.29, 1.82) is 0 Å². The molecule has 0 aromatic heterocycles. The van der Waals surface area contributed by atoms with E-state index in [0.717, 1.165) is 30.9 Å². The molecule has 194 valence electrons. The SMILES string of the molecule is CCC1(NC(=O)N2CC(OC(c3ccc(C)cc3)c3ccccc3C(F)(F)F)C2)CC2CCC(C2)C1. The molecule has 3 unspecified atom stereocenters. The predicted octanol–water partition coefficient (Wildman–Crippen LogP) is 6.87. The van der Waals surface area contributed by atoms with Crippen molar-refractivity contribution in [3.63, 3.8) is 0 Å². The third-order valence-electron chi connectivity index (χ3n) is 8.45. The minimum atomic E-state index is -4.48. The molecule has 3 fully saturated rings. The Morgan fingerprint density at radius 2 is 1.72 bits per heavy atom. The van der Waals surface area contributed by atoms with E-state index in [9.17, 15) is 18.0 Å². The van der Waals surface area contributed by atoms with Crippen LogP contribution in [0, 0.1) is 18.8 Å². The summed E-state index contributed by atoms with van der Waals surface area (Å²) >= 11 is 0. The maximum absolute atomic E-state index is 13.8. The summed E-state index contributed by atoms with van der Waals surface area (Å²) in [4.78, 5) is 14.8. The van der Waals surface area contributed by atoms with E-state index in [2.05, 4.69) is 12.2 Å². The van der Waals surface area contributed by atoms with Crippen molar-refractivity contribution in [3.05, 3.63) is 70.8 Å². The Hall–Kier alpha value is -2.54. The highest BCUT2D eigenvalue weighted by molar-refractivity contribution is 5.76. The number of alkyl halides is 3. The van der Waals surface area contributed by atoms with Gasteiger partial charge in [0, 0.05) is 5.54 Å². The maximum Gasteiger partial charge on any atom is 0.416 e. The predicted molar refractivity (Wildman–Crippen MR) is 133 cm³/mol. The van der Waals surface area contributed by atoms with E-state index in [4.69, 9.17) is 4.74 Å².